The van der Waals surface area contributed by atoms with Gasteiger partial charge in [-0.25, -0.2) is 0 Å². The maximum atomic E-state index is 3.68. The van der Waals surface area contributed by atoms with Crippen molar-refractivity contribution in [3.8, 4) is 0 Å². The van der Waals surface area contributed by atoms with Crippen LogP contribution in [0.15, 0.2) is 15.9 Å². The molecular weight excluding hydrogens is 322 g/mol. The van der Waals surface area contributed by atoms with Crippen molar-refractivity contribution in [1.29, 1.82) is 0 Å². The van der Waals surface area contributed by atoms with E-state index in [2.05, 4.69) is 64.2 Å². The highest BCUT2D eigenvalue weighted by molar-refractivity contribution is 9.11. The zero-order valence-corrected chi connectivity index (χ0v) is 14.4. The number of rotatable bonds is 5. The normalized spacial score (nSPS) is 23.7. The van der Waals surface area contributed by atoms with Crippen molar-refractivity contribution in [3.63, 3.8) is 0 Å². The quantitative estimate of drug-likeness (QED) is 0.883. The standard InChI is InChI=1S/C14H24BrN3S/c1-4-16-12(9-11-5-6-14(15)19-11)13-10-17(2)7-8-18(13)3/h5-6,12-13,16H,4,7-10H2,1-3H3. The molecule has 1 fully saturated rings. The fourth-order valence-electron chi connectivity index (χ4n) is 2.76. The lowest BCUT2D eigenvalue weighted by Crippen LogP contribution is -2.59. The van der Waals surface area contributed by atoms with Crippen molar-refractivity contribution in [1.82, 2.24) is 15.1 Å². The number of nitrogens with zero attached hydrogens (tertiary/aromatic N) is 2. The minimum absolute atomic E-state index is 0.531. The summed E-state index contributed by atoms with van der Waals surface area (Å²) in [6, 6.07) is 5.52. The largest absolute Gasteiger partial charge is 0.312 e. The second-order valence-electron chi connectivity index (χ2n) is 5.38. The van der Waals surface area contributed by atoms with Gasteiger partial charge in [-0.1, -0.05) is 6.92 Å². The van der Waals surface area contributed by atoms with Crippen LogP contribution in [0.5, 0.6) is 0 Å². The summed E-state index contributed by atoms with van der Waals surface area (Å²) in [5.74, 6) is 0. The Morgan fingerprint density at radius 3 is 2.84 bits per heavy atom. The summed E-state index contributed by atoms with van der Waals surface area (Å²) in [5, 5.41) is 3.68. The van der Waals surface area contributed by atoms with Gasteiger partial charge in [0.05, 0.1) is 3.79 Å². The van der Waals surface area contributed by atoms with Crippen molar-refractivity contribution < 1.29 is 0 Å². The Hall–Kier alpha value is 0.0600. The lowest BCUT2D eigenvalue weighted by atomic mass is 10.00. The Kier molecular flexibility index (Phi) is 5.84. The topological polar surface area (TPSA) is 18.5 Å². The molecule has 1 N–H and O–H groups in total. The SMILES string of the molecule is CCNC(Cc1ccc(Br)s1)C1CN(C)CCN1C. The number of thiophene rings is 1. The molecule has 108 valence electrons. The highest BCUT2D eigenvalue weighted by atomic mass is 79.9. The van der Waals surface area contributed by atoms with Crippen LogP contribution in [0.2, 0.25) is 0 Å². The van der Waals surface area contributed by atoms with Gasteiger partial charge in [0.15, 0.2) is 0 Å². The Morgan fingerprint density at radius 2 is 2.21 bits per heavy atom. The smallest absolute Gasteiger partial charge is 0.0701 e. The van der Waals surface area contributed by atoms with Crippen LogP contribution >= 0.6 is 27.3 Å². The Bertz CT molecular complexity index is 396. The average Bonchev–Trinajstić information content (AvgIpc) is 2.77. The van der Waals surface area contributed by atoms with Crippen LogP contribution in [-0.4, -0.2) is 62.2 Å². The van der Waals surface area contributed by atoms with Gasteiger partial charge < -0.3 is 10.2 Å². The molecule has 1 aromatic rings. The van der Waals surface area contributed by atoms with Crippen LogP contribution in [-0.2, 0) is 6.42 Å². The first kappa shape index (κ1) is 15.4. The summed E-state index contributed by atoms with van der Waals surface area (Å²) in [6.45, 7) is 6.73. The van der Waals surface area contributed by atoms with Crippen molar-refractivity contribution >= 4 is 27.3 Å². The summed E-state index contributed by atoms with van der Waals surface area (Å²) in [5.41, 5.74) is 0. The van der Waals surface area contributed by atoms with E-state index in [1.165, 1.54) is 15.2 Å². The van der Waals surface area contributed by atoms with Gasteiger partial charge in [-0.05, 0) is 55.1 Å². The highest BCUT2D eigenvalue weighted by Crippen LogP contribution is 2.24. The molecule has 19 heavy (non-hydrogen) atoms. The molecule has 2 atom stereocenters. The molecule has 0 spiro atoms. The maximum Gasteiger partial charge on any atom is 0.0701 e. The predicted molar refractivity (Wildman–Crippen MR) is 87.1 cm³/mol. The summed E-state index contributed by atoms with van der Waals surface area (Å²) in [7, 11) is 4.48. The van der Waals surface area contributed by atoms with Gasteiger partial charge in [0.1, 0.15) is 0 Å². The fraction of sp³-hybridized carbons (Fsp3) is 0.714. The lowest BCUT2D eigenvalue weighted by Gasteiger charge is -2.42. The maximum absolute atomic E-state index is 3.68. The van der Waals surface area contributed by atoms with Gasteiger partial charge in [0.2, 0.25) is 0 Å². The minimum atomic E-state index is 0.531. The van der Waals surface area contributed by atoms with E-state index in [4.69, 9.17) is 0 Å². The van der Waals surface area contributed by atoms with Gasteiger partial charge in [-0.15, -0.1) is 11.3 Å². The molecule has 0 aromatic carbocycles. The van der Waals surface area contributed by atoms with E-state index in [0.29, 0.717) is 12.1 Å². The lowest BCUT2D eigenvalue weighted by molar-refractivity contribution is 0.0883. The van der Waals surface area contributed by atoms with Crippen LogP contribution in [0.4, 0.5) is 0 Å². The first-order valence-electron chi connectivity index (χ1n) is 6.96. The molecule has 0 aliphatic carbocycles. The molecule has 0 saturated carbocycles. The number of hydrogen-bond donors (Lipinski definition) is 1. The number of hydrogen-bond acceptors (Lipinski definition) is 4. The summed E-state index contributed by atoms with van der Waals surface area (Å²) >= 11 is 5.41. The van der Waals surface area contributed by atoms with Gasteiger partial charge >= 0.3 is 0 Å². The van der Waals surface area contributed by atoms with E-state index in [1.54, 1.807) is 0 Å². The second kappa shape index (κ2) is 7.18. The van der Waals surface area contributed by atoms with E-state index in [1.807, 2.05) is 11.3 Å². The van der Waals surface area contributed by atoms with Gasteiger partial charge in [0.25, 0.3) is 0 Å². The molecule has 1 aromatic heterocycles. The van der Waals surface area contributed by atoms with E-state index < -0.39 is 0 Å². The average molecular weight is 346 g/mol. The molecule has 0 amide bonds. The molecule has 2 heterocycles. The molecule has 1 aliphatic heterocycles. The van der Waals surface area contributed by atoms with E-state index in [9.17, 15) is 0 Å². The molecule has 5 heteroatoms. The van der Waals surface area contributed by atoms with Crippen LogP contribution in [0.1, 0.15) is 11.8 Å². The predicted octanol–water partition coefficient (Wildman–Crippen LogP) is 2.28. The molecule has 0 bridgehead atoms. The molecule has 1 saturated heterocycles. The summed E-state index contributed by atoms with van der Waals surface area (Å²) < 4.78 is 1.23. The first-order chi connectivity index (χ1) is 9.10. The fourth-order valence-corrected chi connectivity index (χ4v) is 4.30. The zero-order chi connectivity index (χ0) is 13.8. The molecule has 0 radical (unpaired) electrons. The molecule has 1 aliphatic rings. The summed E-state index contributed by atoms with van der Waals surface area (Å²) in [6.07, 6.45) is 1.12. The Balaban J connectivity index is 2.05. The number of halogens is 1. The second-order valence-corrected chi connectivity index (χ2v) is 7.93. The van der Waals surface area contributed by atoms with Gasteiger partial charge in [-0.3, -0.25) is 4.90 Å². The zero-order valence-electron chi connectivity index (χ0n) is 12.0. The Morgan fingerprint density at radius 1 is 1.42 bits per heavy atom. The monoisotopic (exact) mass is 345 g/mol. The Labute approximate surface area is 129 Å². The molecule has 3 nitrogen and oxygen atoms in total. The number of nitrogens with one attached hydrogen (secondary N) is 1. The van der Waals surface area contributed by atoms with E-state index >= 15 is 0 Å². The first-order valence-corrected chi connectivity index (χ1v) is 8.57. The molecule has 2 rings (SSSR count). The highest BCUT2D eigenvalue weighted by Gasteiger charge is 2.29. The van der Waals surface area contributed by atoms with Crippen LogP contribution < -0.4 is 5.32 Å². The van der Waals surface area contributed by atoms with Crippen molar-refractivity contribution in [3.05, 3.63) is 20.8 Å². The number of piperazine rings is 1. The van der Waals surface area contributed by atoms with Crippen molar-refractivity contribution in [2.24, 2.45) is 0 Å². The third-order valence-corrected chi connectivity index (χ3v) is 5.53. The summed E-state index contributed by atoms with van der Waals surface area (Å²) in [4.78, 5) is 6.41. The van der Waals surface area contributed by atoms with Crippen molar-refractivity contribution in [2.45, 2.75) is 25.4 Å². The minimum Gasteiger partial charge on any atom is -0.312 e. The van der Waals surface area contributed by atoms with E-state index in [0.717, 1.165) is 26.1 Å². The molecular formula is C14H24BrN3S. The van der Waals surface area contributed by atoms with Crippen LogP contribution in [0.25, 0.3) is 0 Å². The van der Waals surface area contributed by atoms with Crippen LogP contribution in [0.3, 0.4) is 0 Å². The third kappa shape index (κ3) is 4.26. The van der Waals surface area contributed by atoms with Gasteiger partial charge in [-0.2, -0.15) is 0 Å². The van der Waals surface area contributed by atoms with Crippen molar-refractivity contribution in [2.75, 3.05) is 40.3 Å². The third-order valence-electron chi connectivity index (χ3n) is 3.88. The number of likely N-dealkylation sites (N-methyl/N-ethyl adjacent to an activating group) is 3. The van der Waals surface area contributed by atoms with Crippen LogP contribution in [0, 0.1) is 0 Å². The van der Waals surface area contributed by atoms with Gasteiger partial charge in [0, 0.05) is 36.6 Å². The van der Waals surface area contributed by atoms with E-state index in [-0.39, 0.29) is 0 Å². The molecule has 2 unspecified atom stereocenters.